The standard InChI is InChI=1S/C54H62N4O10/c1-3-5-29-64-48-26-24-41-31-43(48)33-46(58-54(63)68-37-40-21-14-9-15-22-40)51(60)56-45(23-16-28-55-53(62)67-36-39-19-12-8-13-20-39)50(59)57-47(52(61)66-35-38-17-10-7-11-18-38)34-44-32-42(41)25-27-49(44)65-30-6-4-2/h7-15,17-22,24-27,31-32,45-47H,3-6,16,23,28-30,33-37H2,1-2H3,(H,55,62)(H,56,60)(H,57,59)(H,58,63)/t45-,46-,47-/m0/s1. The van der Waals surface area contributed by atoms with Crippen molar-refractivity contribution in [2.45, 2.75) is 103 Å². The number of fused-ring (bicyclic) bond motifs is 5. The highest BCUT2D eigenvalue weighted by Crippen LogP contribution is 2.32. The van der Waals surface area contributed by atoms with Crippen molar-refractivity contribution in [3.05, 3.63) is 155 Å². The molecule has 5 aromatic carbocycles. The van der Waals surface area contributed by atoms with Gasteiger partial charge in [-0.2, -0.15) is 0 Å². The van der Waals surface area contributed by atoms with E-state index in [9.17, 15) is 24.0 Å². The molecule has 4 amide bonds. The fraction of sp³-hybridized carbons (Fsp3) is 0.352. The van der Waals surface area contributed by atoms with Crippen LogP contribution in [0.15, 0.2) is 127 Å². The van der Waals surface area contributed by atoms with Gasteiger partial charge in [0.1, 0.15) is 49.4 Å². The Labute approximate surface area is 398 Å². The molecule has 358 valence electrons. The second kappa shape index (κ2) is 26.7. The van der Waals surface area contributed by atoms with E-state index in [1.807, 2.05) is 127 Å². The van der Waals surface area contributed by atoms with E-state index in [-0.39, 0.29) is 52.0 Å². The summed E-state index contributed by atoms with van der Waals surface area (Å²) < 4.78 is 29.3. The predicted molar refractivity (Wildman–Crippen MR) is 258 cm³/mol. The second-order valence-electron chi connectivity index (χ2n) is 16.6. The number of benzene rings is 5. The molecular weight excluding hydrogens is 865 g/mol. The number of amides is 4. The molecule has 6 rings (SSSR count). The second-order valence-corrected chi connectivity index (χ2v) is 16.6. The number of nitrogens with one attached hydrogen (secondary N) is 4. The lowest BCUT2D eigenvalue weighted by atomic mass is 9.95. The monoisotopic (exact) mass is 926 g/mol. The quantitative estimate of drug-likeness (QED) is 0.0336. The first-order valence-electron chi connectivity index (χ1n) is 23.4. The van der Waals surface area contributed by atoms with Crippen molar-refractivity contribution in [3.8, 4) is 22.6 Å². The summed E-state index contributed by atoms with van der Waals surface area (Å²) in [5.41, 5.74) is 5.17. The van der Waals surface area contributed by atoms with Gasteiger partial charge in [-0.15, -0.1) is 0 Å². The topological polar surface area (TPSA) is 180 Å². The fourth-order valence-electron chi connectivity index (χ4n) is 7.43. The van der Waals surface area contributed by atoms with Crippen LogP contribution >= 0.6 is 0 Å². The van der Waals surface area contributed by atoms with Crippen LogP contribution in [0.1, 0.15) is 80.2 Å². The van der Waals surface area contributed by atoms with Crippen molar-refractivity contribution in [3.63, 3.8) is 0 Å². The largest absolute Gasteiger partial charge is 0.493 e. The van der Waals surface area contributed by atoms with E-state index in [0.717, 1.165) is 53.5 Å². The van der Waals surface area contributed by atoms with Gasteiger partial charge in [-0.1, -0.05) is 130 Å². The number of hydrogen-bond donors (Lipinski definition) is 4. The maximum absolute atomic E-state index is 14.6. The maximum atomic E-state index is 14.6. The minimum absolute atomic E-state index is 0.00730. The molecule has 4 bridgehead atoms. The molecule has 1 aliphatic heterocycles. The predicted octanol–water partition coefficient (Wildman–Crippen LogP) is 8.52. The average Bonchev–Trinajstić information content (AvgIpc) is 3.36. The highest BCUT2D eigenvalue weighted by molar-refractivity contribution is 5.93. The van der Waals surface area contributed by atoms with Crippen LogP contribution in [0.25, 0.3) is 11.1 Å². The molecule has 1 heterocycles. The van der Waals surface area contributed by atoms with Gasteiger partial charge in [-0.05, 0) is 88.9 Å². The summed E-state index contributed by atoms with van der Waals surface area (Å²) in [5.74, 6) is -0.979. The smallest absolute Gasteiger partial charge is 0.408 e. The summed E-state index contributed by atoms with van der Waals surface area (Å²) in [5, 5.41) is 11.2. The molecule has 0 aliphatic carbocycles. The molecule has 3 atom stereocenters. The Balaban J connectivity index is 1.35. The third-order valence-electron chi connectivity index (χ3n) is 11.2. The third kappa shape index (κ3) is 15.9. The number of rotatable bonds is 20. The van der Waals surface area contributed by atoms with Crippen molar-refractivity contribution in [1.29, 1.82) is 0 Å². The van der Waals surface area contributed by atoms with Crippen LogP contribution in [0.5, 0.6) is 11.5 Å². The Hall–Kier alpha value is -7.35. The van der Waals surface area contributed by atoms with Gasteiger partial charge >= 0.3 is 18.2 Å². The Bertz CT molecular complexity index is 2400. The summed E-state index contributed by atoms with van der Waals surface area (Å²) in [6, 6.07) is 35.3. The number of carbonyl (C=O) groups is 5. The summed E-state index contributed by atoms with van der Waals surface area (Å²) in [6.45, 7) is 5.08. The van der Waals surface area contributed by atoms with E-state index in [2.05, 4.69) is 35.1 Å². The molecule has 14 nitrogen and oxygen atoms in total. The summed E-state index contributed by atoms with van der Waals surface area (Å²) in [4.78, 5) is 69.6. The van der Waals surface area contributed by atoms with Gasteiger partial charge in [-0.25, -0.2) is 14.4 Å². The zero-order valence-corrected chi connectivity index (χ0v) is 38.8. The first kappa shape index (κ1) is 50.1. The molecule has 14 heteroatoms. The summed E-state index contributed by atoms with van der Waals surface area (Å²) in [7, 11) is 0. The number of unbranched alkanes of at least 4 members (excludes halogenated alkanes) is 2. The van der Waals surface area contributed by atoms with Crippen LogP contribution in [0.2, 0.25) is 0 Å². The molecule has 0 saturated carbocycles. The van der Waals surface area contributed by atoms with E-state index in [4.69, 9.17) is 23.7 Å². The molecule has 4 N–H and O–H groups in total. The van der Waals surface area contributed by atoms with E-state index in [1.54, 1.807) is 0 Å². The number of ether oxygens (including phenoxy) is 5. The molecular formula is C54H62N4O10. The first-order valence-corrected chi connectivity index (χ1v) is 23.4. The maximum Gasteiger partial charge on any atom is 0.408 e. The normalized spacial score (nSPS) is 15.8. The lowest BCUT2D eigenvalue weighted by molar-refractivity contribution is -0.149. The highest BCUT2D eigenvalue weighted by atomic mass is 16.6. The van der Waals surface area contributed by atoms with Crippen molar-refractivity contribution in [1.82, 2.24) is 21.3 Å². The Kier molecular flexibility index (Phi) is 19.7. The SMILES string of the molecule is CCCCOc1ccc2cc1C[C@H](NC(=O)OCc1ccccc1)C(=O)N[C@@H](CCCNC(=O)OCc1ccccc1)C(=O)N[C@H](C(=O)OCc1ccccc1)Cc1cc-2ccc1OCCCC. The highest BCUT2D eigenvalue weighted by Gasteiger charge is 2.32. The molecule has 5 aromatic rings. The van der Waals surface area contributed by atoms with Crippen LogP contribution in [0.3, 0.4) is 0 Å². The van der Waals surface area contributed by atoms with Crippen LogP contribution in [-0.2, 0) is 61.3 Å². The molecule has 0 aromatic heterocycles. The van der Waals surface area contributed by atoms with E-state index < -0.39 is 48.1 Å². The Morgan fingerprint density at radius 2 is 1.07 bits per heavy atom. The van der Waals surface area contributed by atoms with Crippen LogP contribution in [0, 0.1) is 0 Å². The van der Waals surface area contributed by atoms with E-state index >= 15 is 0 Å². The van der Waals surface area contributed by atoms with Gasteiger partial charge in [0.15, 0.2) is 0 Å². The van der Waals surface area contributed by atoms with Crippen LogP contribution in [0.4, 0.5) is 9.59 Å². The van der Waals surface area contributed by atoms with Gasteiger partial charge in [-0.3, -0.25) is 9.59 Å². The van der Waals surface area contributed by atoms with Crippen LogP contribution < -0.4 is 30.7 Å². The van der Waals surface area contributed by atoms with Crippen molar-refractivity contribution in [2.24, 2.45) is 0 Å². The average molecular weight is 927 g/mol. The Morgan fingerprint density at radius 3 is 1.60 bits per heavy atom. The molecule has 0 saturated heterocycles. The van der Waals surface area contributed by atoms with Gasteiger partial charge < -0.3 is 45.0 Å². The molecule has 0 spiro atoms. The fourth-order valence-corrected chi connectivity index (χ4v) is 7.43. The summed E-state index contributed by atoms with van der Waals surface area (Å²) in [6.07, 6.45) is 2.11. The van der Waals surface area contributed by atoms with Crippen LogP contribution in [-0.4, -0.2) is 67.9 Å². The molecule has 68 heavy (non-hydrogen) atoms. The first-order chi connectivity index (χ1) is 33.2. The minimum atomic E-state index is -1.26. The number of alkyl carbamates (subject to hydrolysis) is 2. The number of hydrogen-bond acceptors (Lipinski definition) is 10. The van der Waals surface area contributed by atoms with Gasteiger partial charge in [0.25, 0.3) is 0 Å². The molecule has 0 radical (unpaired) electrons. The van der Waals surface area contributed by atoms with E-state index in [1.165, 1.54) is 0 Å². The minimum Gasteiger partial charge on any atom is -0.493 e. The molecule has 0 unspecified atom stereocenters. The Morgan fingerprint density at radius 1 is 0.574 bits per heavy atom. The van der Waals surface area contributed by atoms with Crippen molar-refractivity contribution in [2.75, 3.05) is 19.8 Å². The van der Waals surface area contributed by atoms with Gasteiger partial charge in [0, 0.05) is 19.4 Å². The van der Waals surface area contributed by atoms with Crippen molar-refractivity contribution >= 4 is 30.0 Å². The van der Waals surface area contributed by atoms with E-state index in [0.29, 0.717) is 35.8 Å². The number of esters is 1. The number of carbonyl (C=O) groups excluding carboxylic acids is 5. The summed E-state index contributed by atoms with van der Waals surface area (Å²) >= 11 is 0. The van der Waals surface area contributed by atoms with Gasteiger partial charge in [0.05, 0.1) is 13.2 Å². The third-order valence-corrected chi connectivity index (χ3v) is 11.2. The molecule has 0 fully saturated rings. The zero-order valence-electron chi connectivity index (χ0n) is 38.8. The lowest BCUT2D eigenvalue weighted by Crippen LogP contribution is -2.56. The molecule has 1 aliphatic rings. The zero-order chi connectivity index (χ0) is 47.9. The van der Waals surface area contributed by atoms with Crippen molar-refractivity contribution < 1.29 is 47.7 Å². The van der Waals surface area contributed by atoms with Gasteiger partial charge in [0.2, 0.25) is 11.8 Å². The lowest BCUT2D eigenvalue weighted by Gasteiger charge is -2.26.